The number of carbonyl (C=O) groups is 2. The Morgan fingerprint density at radius 2 is 1.70 bits per heavy atom. The quantitative estimate of drug-likeness (QED) is 0.807. The van der Waals surface area contributed by atoms with E-state index in [1.54, 1.807) is 4.90 Å². The molecule has 2 aliphatic rings. The molecule has 0 radical (unpaired) electrons. The molecule has 5 heteroatoms. The SMILES string of the molecule is CC1(O)CCCN(C(=O)C2CCCCC2C(=O)O)CC1. The van der Waals surface area contributed by atoms with Crippen molar-refractivity contribution >= 4 is 11.9 Å². The van der Waals surface area contributed by atoms with E-state index in [4.69, 9.17) is 0 Å². The van der Waals surface area contributed by atoms with Gasteiger partial charge >= 0.3 is 5.97 Å². The number of aliphatic carboxylic acids is 1. The minimum atomic E-state index is -0.843. The van der Waals surface area contributed by atoms with Crippen LogP contribution in [0.3, 0.4) is 0 Å². The van der Waals surface area contributed by atoms with Gasteiger partial charge in [-0.2, -0.15) is 0 Å². The van der Waals surface area contributed by atoms with Gasteiger partial charge in [0.1, 0.15) is 0 Å². The molecule has 1 aliphatic carbocycles. The number of amides is 1. The molecule has 1 heterocycles. The van der Waals surface area contributed by atoms with Crippen molar-refractivity contribution in [3.05, 3.63) is 0 Å². The first kappa shape index (κ1) is 15.3. The summed E-state index contributed by atoms with van der Waals surface area (Å²) in [5.74, 6) is -1.76. The zero-order valence-corrected chi connectivity index (χ0v) is 12.2. The van der Waals surface area contributed by atoms with Gasteiger partial charge < -0.3 is 15.1 Å². The smallest absolute Gasteiger partial charge is 0.307 e. The van der Waals surface area contributed by atoms with Crippen molar-refractivity contribution in [3.63, 3.8) is 0 Å². The molecule has 1 saturated carbocycles. The number of carboxylic acids is 1. The highest BCUT2D eigenvalue weighted by molar-refractivity contribution is 5.85. The molecule has 0 bridgehead atoms. The Morgan fingerprint density at radius 3 is 2.35 bits per heavy atom. The molecule has 20 heavy (non-hydrogen) atoms. The van der Waals surface area contributed by atoms with E-state index in [-0.39, 0.29) is 11.8 Å². The van der Waals surface area contributed by atoms with Gasteiger partial charge in [0.2, 0.25) is 5.91 Å². The maximum Gasteiger partial charge on any atom is 0.307 e. The molecule has 0 aromatic heterocycles. The van der Waals surface area contributed by atoms with E-state index in [1.165, 1.54) is 0 Å². The lowest BCUT2D eigenvalue weighted by molar-refractivity contribution is -0.152. The fourth-order valence-electron chi connectivity index (χ4n) is 3.44. The first-order chi connectivity index (χ1) is 9.41. The van der Waals surface area contributed by atoms with Gasteiger partial charge in [-0.05, 0) is 39.0 Å². The monoisotopic (exact) mass is 283 g/mol. The lowest BCUT2D eigenvalue weighted by atomic mass is 9.78. The molecule has 0 spiro atoms. The second-order valence-electron chi connectivity index (χ2n) is 6.51. The summed E-state index contributed by atoms with van der Waals surface area (Å²) in [4.78, 5) is 25.7. The van der Waals surface area contributed by atoms with Gasteiger partial charge in [-0.3, -0.25) is 9.59 Å². The fraction of sp³-hybridized carbons (Fsp3) is 0.867. The first-order valence-corrected chi connectivity index (χ1v) is 7.65. The van der Waals surface area contributed by atoms with E-state index in [0.717, 1.165) is 19.3 Å². The second kappa shape index (κ2) is 6.12. The Hall–Kier alpha value is -1.10. The largest absolute Gasteiger partial charge is 0.481 e. The van der Waals surface area contributed by atoms with E-state index in [2.05, 4.69) is 0 Å². The van der Waals surface area contributed by atoms with Crippen LogP contribution in [-0.4, -0.2) is 45.7 Å². The van der Waals surface area contributed by atoms with Crippen molar-refractivity contribution in [2.45, 2.75) is 57.5 Å². The summed E-state index contributed by atoms with van der Waals surface area (Å²) in [5.41, 5.74) is -0.701. The summed E-state index contributed by atoms with van der Waals surface area (Å²) >= 11 is 0. The van der Waals surface area contributed by atoms with Crippen LogP contribution in [0.1, 0.15) is 51.9 Å². The van der Waals surface area contributed by atoms with E-state index >= 15 is 0 Å². The molecule has 0 aromatic carbocycles. The normalized spacial score (nSPS) is 35.4. The zero-order chi connectivity index (χ0) is 14.8. The third-order valence-corrected chi connectivity index (χ3v) is 4.78. The average molecular weight is 283 g/mol. The van der Waals surface area contributed by atoms with Crippen molar-refractivity contribution in [2.24, 2.45) is 11.8 Å². The number of aliphatic hydroxyl groups is 1. The molecule has 1 amide bonds. The topological polar surface area (TPSA) is 77.8 Å². The molecule has 1 aliphatic heterocycles. The van der Waals surface area contributed by atoms with Crippen LogP contribution in [0, 0.1) is 11.8 Å². The van der Waals surface area contributed by atoms with Crippen LogP contribution >= 0.6 is 0 Å². The predicted octanol–water partition coefficient (Wildman–Crippen LogP) is 1.64. The molecule has 1 saturated heterocycles. The number of likely N-dealkylation sites (tertiary alicyclic amines) is 1. The standard InChI is InChI=1S/C15H25NO4/c1-15(20)7-4-9-16(10-8-15)13(17)11-5-2-3-6-12(11)14(18)19/h11-12,20H,2-10H2,1H3,(H,18,19). The third kappa shape index (κ3) is 3.51. The lowest BCUT2D eigenvalue weighted by Gasteiger charge is -2.32. The average Bonchev–Trinajstić information content (AvgIpc) is 2.59. The van der Waals surface area contributed by atoms with Crippen LogP contribution < -0.4 is 0 Å². The van der Waals surface area contributed by atoms with Gasteiger partial charge in [-0.1, -0.05) is 12.8 Å². The molecule has 2 rings (SSSR count). The van der Waals surface area contributed by atoms with Crippen LogP contribution in [-0.2, 0) is 9.59 Å². The van der Waals surface area contributed by atoms with Crippen molar-refractivity contribution in [1.82, 2.24) is 4.90 Å². The van der Waals surface area contributed by atoms with Gasteiger partial charge in [-0.15, -0.1) is 0 Å². The lowest BCUT2D eigenvalue weighted by Crippen LogP contribution is -2.43. The van der Waals surface area contributed by atoms with Gasteiger partial charge in [0.05, 0.1) is 17.4 Å². The van der Waals surface area contributed by atoms with Crippen LogP contribution in [0.15, 0.2) is 0 Å². The Bertz CT molecular complexity index is 380. The van der Waals surface area contributed by atoms with Crippen molar-refractivity contribution in [3.8, 4) is 0 Å². The Kier molecular flexibility index (Phi) is 4.68. The summed E-state index contributed by atoms with van der Waals surface area (Å²) in [6.45, 7) is 2.98. The van der Waals surface area contributed by atoms with E-state index in [0.29, 0.717) is 38.8 Å². The number of carbonyl (C=O) groups excluding carboxylic acids is 1. The van der Waals surface area contributed by atoms with Crippen molar-refractivity contribution < 1.29 is 19.8 Å². The highest BCUT2D eigenvalue weighted by atomic mass is 16.4. The van der Waals surface area contributed by atoms with Gasteiger partial charge in [-0.25, -0.2) is 0 Å². The maximum absolute atomic E-state index is 12.6. The van der Waals surface area contributed by atoms with Crippen molar-refractivity contribution in [2.75, 3.05) is 13.1 Å². The zero-order valence-electron chi connectivity index (χ0n) is 12.2. The minimum absolute atomic E-state index is 0.0187. The number of hydrogen-bond donors (Lipinski definition) is 2. The van der Waals surface area contributed by atoms with Gasteiger partial charge in [0.15, 0.2) is 0 Å². The molecule has 5 nitrogen and oxygen atoms in total. The minimum Gasteiger partial charge on any atom is -0.481 e. The summed E-state index contributed by atoms with van der Waals surface area (Å²) < 4.78 is 0. The second-order valence-corrected chi connectivity index (χ2v) is 6.51. The van der Waals surface area contributed by atoms with E-state index in [9.17, 15) is 19.8 Å². The van der Waals surface area contributed by atoms with Crippen LogP contribution in [0.4, 0.5) is 0 Å². The first-order valence-electron chi connectivity index (χ1n) is 7.65. The van der Waals surface area contributed by atoms with Crippen molar-refractivity contribution in [1.29, 1.82) is 0 Å². The maximum atomic E-state index is 12.6. The van der Waals surface area contributed by atoms with Crippen LogP contribution in [0.25, 0.3) is 0 Å². The Morgan fingerprint density at radius 1 is 1.05 bits per heavy atom. The molecule has 2 fully saturated rings. The van der Waals surface area contributed by atoms with E-state index in [1.807, 2.05) is 6.92 Å². The number of rotatable bonds is 2. The molecular formula is C15H25NO4. The Balaban J connectivity index is 2.03. The molecule has 114 valence electrons. The summed E-state index contributed by atoms with van der Waals surface area (Å²) in [6, 6.07) is 0. The van der Waals surface area contributed by atoms with Gasteiger partial charge in [0.25, 0.3) is 0 Å². The third-order valence-electron chi connectivity index (χ3n) is 4.78. The summed E-state index contributed by atoms with van der Waals surface area (Å²) in [6.07, 6.45) is 5.18. The summed E-state index contributed by atoms with van der Waals surface area (Å²) in [5, 5.41) is 19.4. The molecule has 2 N–H and O–H groups in total. The molecule has 0 aromatic rings. The van der Waals surface area contributed by atoms with Gasteiger partial charge in [0, 0.05) is 13.1 Å². The highest BCUT2D eigenvalue weighted by Crippen LogP contribution is 2.33. The molecule has 3 atom stereocenters. The molecule has 3 unspecified atom stereocenters. The van der Waals surface area contributed by atoms with Crippen LogP contribution in [0.2, 0.25) is 0 Å². The molecular weight excluding hydrogens is 258 g/mol. The number of nitrogens with zero attached hydrogens (tertiary/aromatic N) is 1. The number of hydrogen-bond acceptors (Lipinski definition) is 3. The fourth-order valence-corrected chi connectivity index (χ4v) is 3.44. The summed E-state index contributed by atoms with van der Waals surface area (Å²) in [7, 11) is 0. The Labute approximate surface area is 120 Å². The predicted molar refractivity (Wildman–Crippen MR) is 74.1 cm³/mol. The number of carboxylic acid groups (broad SMARTS) is 1. The van der Waals surface area contributed by atoms with Crippen LogP contribution in [0.5, 0.6) is 0 Å². The van der Waals surface area contributed by atoms with E-state index < -0.39 is 17.5 Å². The highest BCUT2D eigenvalue weighted by Gasteiger charge is 2.38.